The van der Waals surface area contributed by atoms with Crippen LogP contribution < -0.4 is 16.4 Å². The van der Waals surface area contributed by atoms with E-state index < -0.39 is 15.7 Å². The summed E-state index contributed by atoms with van der Waals surface area (Å²) < 4.78 is 6.26. The van der Waals surface area contributed by atoms with Crippen LogP contribution in [0.15, 0.2) is 81.0 Å². The first kappa shape index (κ1) is 28.3. The molecule has 0 saturated carbocycles. The molecule has 4 heterocycles. The quantitative estimate of drug-likeness (QED) is 0.331. The number of hydrogen-bond acceptors (Lipinski definition) is 8. The molecule has 2 aromatic carbocycles. The lowest BCUT2D eigenvalue weighted by Crippen LogP contribution is -2.45. The Labute approximate surface area is 252 Å². The van der Waals surface area contributed by atoms with E-state index in [2.05, 4.69) is 21.8 Å². The Balaban J connectivity index is 1.54. The summed E-state index contributed by atoms with van der Waals surface area (Å²) in [6.07, 6.45) is 6.23. The number of fused-ring (bicyclic) bond motifs is 1. The fourth-order valence-corrected chi connectivity index (χ4v) is 9.02. The summed E-state index contributed by atoms with van der Waals surface area (Å²) in [5, 5.41) is 16.7. The first-order valence-electron chi connectivity index (χ1n) is 13.6. The Hall–Kier alpha value is -1.85. The average Bonchev–Trinajstić information content (AvgIpc) is 3.38. The number of carbonyl (C=O) groups excluding carboxylic acids is 1. The number of carbonyl (C=O) groups is 1. The van der Waals surface area contributed by atoms with Gasteiger partial charge in [-0.1, -0.05) is 59.2 Å². The van der Waals surface area contributed by atoms with Crippen molar-refractivity contribution in [3.8, 4) is 0 Å². The van der Waals surface area contributed by atoms with Gasteiger partial charge in [-0.3, -0.25) is 4.79 Å². The molecule has 1 amide bonds. The maximum atomic E-state index is 12.7. The molecule has 0 spiro atoms. The number of nitrogens with one attached hydrogen (secondary N) is 2. The maximum absolute atomic E-state index is 12.7. The zero-order chi connectivity index (χ0) is 27.7. The second kappa shape index (κ2) is 11.8. The van der Waals surface area contributed by atoms with Crippen molar-refractivity contribution in [1.29, 1.82) is 0 Å². The molecule has 4 aliphatic heterocycles. The Bertz CT molecular complexity index is 1290. The monoisotopic (exact) mass is 615 g/mol. The van der Waals surface area contributed by atoms with Gasteiger partial charge in [-0.25, -0.2) is 0 Å². The molecule has 7 nitrogen and oxygen atoms in total. The number of piperidine rings is 2. The fourth-order valence-electron chi connectivity index (χ4n) is 5.64. The predicted octanol–water partition coefficient (Wildman–Crippen LogP) is 5.98. The average molecular weight is 617 g/mol. The molecule has 2 saturated heterocycles. The number of rotatable bonds is 7. The van der Waals surface area contributed by atoms with E-state index in [1.807, 2.05) is 48.5 Å². The summed E-state index contributed by atoms with van der Waals surface area (Å²) in [5.41, 5.74) is 8.88. The van der Waals surface area contributed by atoms with Gasteiger partial charge < -0.3 is 21.1 Å². The predicted molar refractivity (Wildman–Crippen MR) is 164 cm³/mol. The molecule has 6 rings (SSSR count). The van der Waals surface area contributed by atoms with Gasteiger partial charge in [0, 0.05) is 34.0 Å². The topological polar surface area (TPSA) is 101 Å². The second-order valence-corrected chi connectivity index (χ2v) is 14.0. The molecule has 3 unspecified atom stereocenters. The molecular weight excluding hydrogens is 585 g/mol. The minimum atomic E-state index is -1.12. The highest BCUT2D eigenvalue weighted by molar-refractivity contribution is 8.05. The van der Waals surface area contributed by atoms with Crippen LogP contribution in [-0.4, -0.2) is 48.5 Å². The highest BCUT2D eigenvalue weighted by Crippen LogP contribution is 2.62. The van der Waals surface area contributed by atoms with Crippen LogP contribution in [0.4, 0.5) is 0 Å². The van der Waals surface area contributed by atoms with E-state index in [1.54, 1.807) is 23.5 Å². The SMILES string of the molecule is NC(=O)C1=C2SC(c3ccc(Cl)cc3)(c3ccc(Cl)cc3)C=C2C(OC2CCCNC2)(SC2CCCNC2)N=N1. The Morgan fingerprint density at radius 3 is 2.15 bits per heavy atom. The van der Waals surface area contributed by atoms with Crippen molar-refractivity contribution in [2.75, 3.05) is 26.2 Å². The van der Waals surface area contributed by atoms with E-state index in [4.69, 9.17) is 38.8 Å². The molecule has 3 atom stereocenters. The first-order valence-corrected chi connectivity index (χ1v) is 16.0. The van der Waals surface area contributed by atoms with Gasteiger partial charge in [0.25, 0.3) is 11.0 Å². The molecule has 2 aromatic rings. The lowest BCUT2D eigenvalue weighted by molar-refractivity contribution is -0.114. The third-order valence-corrected chi connectivity index (χ3v) is 11.1. The van der Waals surface area contributed by atoms with Crippen LogP contribution >= 0.6 is 46.7 Å². The van der Waals surface area contributed by atoms with E-state index in [0.29, 0.717) is 15.0 Å². The van der Waals surface area contributed by atoms with Gasteiger partial charge in [0.05, 0.1) is 15.8 Å². The standard InChI is InChI=1S/C29H31Cl2N5O2S2/c30-20-9-5-18(6-10-20)28(19-7-11-21(31)12-8-19)15-24-26(40-28)25(27(32)37)35-36-29(24,38-22-3-1-13-33-16-22)39-23-4-2-14-34-17-23/h5-12,15,22-23,33-34H,1-4,13-14,16-17H2,(H2,32,37). The van der Waals surface area contributed by atoms with Gasteiger partial charge in [0.1, 0.15) is 0 Å². The van der Waals surface area contributed by atoms with Crippen molar-refractivity contribution in [3.05, 3.63) is 92.0 Å². The van der Waals surface area contributed by atoms with Gasteiger partial charge in [-0.2, -0.15) is 0 Å². The van der Waals surface area contributed by atoms with Crippen molar-refractivity contribution in [1.82, 2.24) is 10.6 Å². The van der Waals surface area contributed by atoms with Crippen molar-refractivity contribution in [2.24, 2.45) is 16.0 Å². The summed E-state index contributed by atoms with van der Waals surface area (Å²) >= 11 is 15.8. The van der Waals surface area contributed by atoms with E-state index >= 15 is 0 Å². The van der Waals surface area contributed by atoms with Gasteiger partial charge in [0.15, 0.2) is 5.70 Å². The number of thioether (sulfide) groups is 2. The summed E-state index contributed by atoms with van der Waals surface area (Å²) in [4.78, 5) is 13.4. The third kappa shape index (κ3) is 5.50. The molecule has 0 bridgehead atoms. The summed E-state index contributed by atoms with van der Waals surface area (Å²) in [6, 6.07) is 15.6. The molecule has 210 valence electrons. The lowest BCUT2D eigenvalue weighted by Gasteiger charge is -2.39. The van der Waals surface area contributed by atoms with Crippen LogP contribution in [-0.2, 0) is 14.3 Å². The van der Waals surface area contributed by atoms with Crippen LogP contribution in [0, 0.1) is 0 Å². The van der Waals surface area contributed by atoms with Crippen LogP contribution in [0.2, 0.25) is 10.0 Å². The number of benzene rings is 2. The normalized spacial score (nSPS) is 27.8. The highest BCUT2D eigenvalue weighted by Gasteiger charge is 2.54. The van der Waals surface area contributed by atoms with E-state index in [-0.39, 0.29) is 17.1 Å². The van der Waals surface area contributed by atoms with Crippen LogP contribution in [0.5, 0.6) is 0 Å². The molecule has 4 aliphatic rings. The number of nitrogens with zero attached hydrogens (tertiary/aromatic N) is 2. The zero-order valence-electron chi connectivity index (χ0n) is 21.9. The highest BCUT2D eigenvalue weighted by atomic mass is 35.5. The van der Waals surface area contributed by atoms with Crippen molar-refractivity contribution in [2.45, 2.75) is 46.8 Å². The Kier molecular flexibility index (Phi) is 8.34. The summed E-state index contributed by atoms with van der Waals surface area (Å²) in [7, 11) is 0. The number of amides is 1. The number of hydrogen-bond donors (Lipinski definition) is 3. The number of azo groups is 1. The van der Waals surface area contributed by atoms with Gasteiger partial charge >= 0.3 is 0 Å². The largest absolute Gasteiger partial charge is 0.364 e. The molecule has 11 heteroatoms. The first-order chi connectivity index (χ1) is 19.4. The van der Waals surface area contributed by atoms with Crippen LogP contribution in [0.25, 0.3) is 0 Å². The number of nitrogens with two attached hydrogens (primary N) is 1. The molecular formula is C29H31Cl2N5O2S2. The van der Waals surface area contributed by atoms with E-state index in [1.165, 1.54) is 0 Å². The molecule has 2 fully saturated rings. The zero-order valence-corrected chi connectivity index (χ0v) is 25.0. The van der Waals surface area contributed by atoms with Gasteiger partial charge in [0.2, 0.25) is 0 Å². The Morgan fingerprint density at radius 1 is 0.975 bits per heavy atom. The molecule has 0 aromatic heterocycles. The van der Waals surface area contributed by atoms with Crippen molar-refractivity contribution >= 4 is 52.6 Å². The van der Waals surface area contributed by atoms with E-state index in [0.717, 1.165) is 68.6 Å². The minimum absolute atomic E-state index is 0.0416. The number of primary amides is 1. The molecule has 0 aliphatic carbocycles. The third-order valence-electron chi connectivity index (χ3n) is 7.63. The summed E-state index contributed by atoms with van der Waals surface area (Å²) in [5.74, 6) is -0.613. The maximum Gasteiger partial charge on any atom is 0.270 e. The van der Waals surface area contributed by atoms with Crippen LogP contribution in [0.3, 0.4) is 0 Å². The van der Waals surface area contributed by atoms with E-state index in [9.17, 15) is 4.79 Å². The number of ether oxygens (including phenoxy) is 1. The molecule has 40 heavy (non-hydrogen) atoms. The number of halogens is 2. The smallest absolute Gasteiger partial charge is 0.270 e. The molecule has 0 radical (unpaired) electrons. The minimum Gasteiger partial charge on any atom is -0.364 e. The molecule has 4 N–H and O–H groups in total. The summed E-state index contributed by atoms with van der Waals surface area (Å²) in [6.45, 7) is 3.57. The van der Waals surface area contributed by atoms with Gasteiger partial charge in [-0.15, -0.1) is 22.0 Å². The van der Waals surface area contributed by atoms with Gasteiger partial charge in [-0.05, 0) is 80.2 Å². The second-order valence-electron chi connectivity index (χ2n) is 10.4. The fraction of sp³-hybridized carbons (Fsp3) is 0.414. The Morgan fingerprint density at radius 2 is 1.60 bits per heavy atom. The van der Waals surface area contributed by atoms with Crippen LogP contribution in [0.1, 0.15) is 36.8 Å². The van der Waals surface area contributed by atoms with Crippen molar-refractivity contribution in [3.63, 3.8) is 0 Å². The lowest BCUT2D eigenvalue weighted by atomic mass is 9.88. The van der Waals surface area contributed by atoms with Crippen molar-refractivity contribution < 1.29 is 9.53 Å².